The van der Waals surface area contributed by atoms with Gasteiger partial charge in [0.15, 0.2) is 0 Å². The summed E-state index contributed by atoms with van der Waals surface area (Å²) in [5.74, 6) is -1.34. The number of rotatable bonds is 3. The zero-order valence-electron chi connectivity index (χ0n) is 12.7. The molecule has 0 aromatic heterocycles. The van der Waals surface area contributed by atoms with Crippen LogP contribution < -0.4 is 5.32 Å². The van der Waals surface area contributed by atoms with Gasteiger partial charge in [-0.2, -0.15) is 13.2 Å². The van der Waals surface area contributed by atoms with Gasteiger partial charge in [0.25, 0.3) is 5.91 Å². The number of carbonyl (C=O) groups excluding carboxylic acids is 2. The fourth-order valence-corrected chi connectivity index (χ4v) is 3.22. The highest BCUT2D eigenvalue weighted by Gasteiger charge is 2.68. The first-order valence-corrected chi connectivity index (χ1v) is 8.06. The van der Waals surface area contributed by atoms with E-state index >= 15 is 0 Å². The van der Waals surface area contributed by atoms with E-state index in [2.05, 4.69) is 15.9 Å². The standard InChI is InChI=1S/C17H12BrF3N2O2/c18-13-8-4-5-11(9-13)10-23-14(24)16(17(19,20)21,22-15(23)25)12-6-2-1-3-7-12/h1-9H,10H2,(H,22,25). The SMILES string of the molecule is O=C1NC(c2ccccc2)(C(F)(F)F)C(=O)N1Cc1cccc(Br)c1. The molecule has 0 spiro atoms. The number of carbonyl (C=O) groups is 2. The molecule has 0 bridgehead atoms. The maximum atomic E-state index is 13.8. The zero-order valence-corrected chi connectivity index (χ0v) is 14.3. The van der Waals surface area contributed by atoms with Crippen LogP contribution in [0, 0.1) is 0 Å². The van der Waals surface area contributed by atoms with Crippen molar-refractivity contribution in [1.82, 2.24) is 10.2 Å². The average Bonchev–Trinajstić information content (AvgIpc) is 2.81. The van der Waals surface area contributed by atoms with Gasteiger partial charge < -0.3 is 5.32 Å². The van der Waals surface area contributed by atoms with Crippen molar-refractivity contribution in [2.75, 3.05) is 0 Å². The average molecular weight is 413 g/mol. The van der Waals surface area contributed by atoms with Crippen LogP contribution in [0.4, 0.5) is 18.0 Å². The summed E-state index contributed by atoms with van der Waals surface area (Å²) in [5, 5.41) is 1.86. The van der Waals surface area contributed by atoms with Crippen molar-refractivity contribution in [3.8, 4) is 0 Å². The number of amides is 3. The fraction of sp³-hybridized carbons (Fsp3) is 0.176. The zero-order chi connectivity index (χ0) is 18.2. The third-order valence-electron chi connectivity index (χ3n) is 3.97. The van der Waals surface area contributed by atoms with Gasteiger partial charge in [0.05, 0.1) is 6.54 Å². The summed E-state index contributed by atoms with van der Waals surface area (Å²) in [6.07, 6.45) is -4.98. The number of hydrogen-bond donors (Lipinski definition) is 1. The van der Waals surface area contributed by atoms with Gasteiger partial charge >= 0.3 is 12.2 Å². The molecule has 3 rings (SSSR count). The first kappa shape index (κ1) is 17.5. The molecule has 1 fully saturated rings. The first-order chi connectivity index (χ1) is 11.8. The number of imide groups is 1. The van der Waals surface area contributed by atoms with E-state index in [1.807, 2.05) is 5.32 Å². The minimum atomic E-state index is -4.98. The van der Waals surface area contributed by atoms with E-state index in [0.717, 1.165) is 0 Å². The van der Waals surface area contributed by atoms with E-state index in [-0.39, 0.29) is 12.1 Å². The highest BCUT2D eigenvalue weighted by atomic mass is 79.9. The molecular formula is C17H12BrF3N2O2. The lowest BCUT2D eigenvalue weighted by Gasteiger charge is -2.29. The van der Waals surface area contributed by atoms with Crippen molar-refractivity contribution in [2.45, 2.75) is 18.3 Å². The van der Waals surface area contributed by atoms with Gasteiger partial charge in [0.1, 0.15) is 0 Å². The topological polar surface area (TPSA) is 49.4 Å². The molecule has 0 aliphatic carbocycles. The molecule has 2 aromatic carbocycles. The Kier molecular flexibility index (Phi) is 4.32. The molecule has 1 heterocycles. The van der Waals surface area contributed by atoms with E-state index < -0.39 is 23.7 Å². The van der Waals surface area contributed by atoms with Crippen molar-refractivity contribution in [1.29, 1.82) is 0 Å². The summed E-state index contributed by atoms with van der Waals surface area (Å²) in [7, 11) is 0. The minimum Gasteiger partial charge on any atom is -0.312 e. The third kappa shape index (κ3) is 2.90. The van der Waals surface area contributed by atoms with E-state index in [9.17, 15) is 22.8 Å². The van der Waals surface area contributed by atoms with Crippen LogP contribution in [0.15, 0.2) is 59.1 Å². The van der Waals surface area contributed by atoms with Crippen molar-refractivity contribution < 1.29 is 22.8 Å². The van der Waals surface area contributed by atoms with Crippen LogP contribution in [0.3, 0.4) is 0 Å². The number of urea groups is 1. The van der Waals surface area contributed by atoms with Crippen molar-refractivity contribution in [3.63, 3.8) is 0 Å². The van der Waals surface area contributed by atoms with Crippen LogP contribution in [0.1, 0.15) is 11.1 Å². The Morgan fingerprint density at radius 2 is 1.72 bits per heavy atom. The summed E-state index contributed by atoms with van der Waals surface area (Å²) in [6, 6.07) is 12.3. The molecule has 8 heteroatoms. The first-order valence-electron chi connectivity index (χ1n) is 7.26. The second kappa shape index (κ2) is 6.18. The van der Waals surface area contributed by atoms with Crippen LogP contribution in [0.5, 0.6) is 0 Å². The molecule has 25 heavy (non-hydrogen) atoms. The number of nitrogens with zero attached hydrogens (tertiary/aromatic N) is 1. The highest BCUT2D eigenvalue weighted by molar-refractivity contribution is 9.10. The van der Waals surface area contributed by atoms with Gasteiger partial charge in [-0.3, -0.25) is 9.69 Å². The smallest absolute Gasteiger partial charge is 0.312 e. The Labute approximate surface area is 149 Å². The van der Waals surface area contributed by atoms with Crippen LogP contribution in [0.25, 0.3) is 0 Å². The molecule has 0 saturated carbocycles. The molecule has 0 radical (unpaired) electrons. The van der Waals surface area contributed by atoms with Gasteiger partial charge in [0.2, 0.25) is 5.54 Å². The van der Waals surface area contributed by atoms with Gasteiger partial charge in [-0.25, -0.2) is 4.79 Å². The van der Waals surface area contributed by atoms with E-state index in [1.165, 1.54) is 30.3 Å². The highest BCUT2D eigenvalue weighted by Crippen LogP contribution is 2.43. The monoisotopic (exact) mass is 412 g/mol. The maximum absolute atomic E-state index is 13.8. The number of halogens is 4. The second-order valence-corrected chi connectivity index (χ2v) is 6.48. The van der Waals surface area contributed by atoms with Crippen LogP contribution in [-0.2, 0) is 16.9 Å². The molecular weight excluding hydrogens is 401 g/mol. The number of benzene rings is 2. The Hall–Kier alpha value is -2.35. The minimum absolute atomic E-state index is 0.255. The second-order valence-electron chi connectivity index (χ2n) is 5.57. The predicted molar refractivity (Wildman–Crippen MR) is 87.4 cm³/mol. The Balaban J connectivity index is 2.03. The fourth-order valence-electron chi connectivity index (χ4n) is 2.78. The van der Waals surface area contributed by atoms with Crippen LogP contribution >= 0.6 is 15.9 Å². The molecule has 2 aromatic rings. The van der Waals surface area contributed by atoms with Crippen LogP contribution in [-0.4, -0.2) is 23.0 Å². The summed E-state index contributed by atoms with van der Waals surface area (Å²) < 4.78 is 42.2. The molecule has 4 nitrogen and oxygen atoms in total. The summed E-state index contributed by atoms with van der Waals surface area (Å²) in [4.78, 5) is 25.5. The Morgan fingerprint density at radius 3 is 2.32 bits per heavy atom. The van der Waals surface area contributed by atoms with Crippen LogP contribution in [0.2, 0.25) is 0 Å². The largest absolute Gasteiger partial charge is 0.425 e. The summed E-state index contributed by atoms with van der Waals surface area (Å²) in [6.45, 7) is -0.255. The van der Waals surface area contributed by atoms with Gasteiger partial charge in [0, 0.05) is 4.47 Å². The molecule has 3 amide bonds. The van der Waals surface area contributed by atoms with Gasteiger partial charge in [-0.1, -0.05) is 58.4 Å². The maximum Gasteiger partial charge on any atom is 0.425 e. The lowest BCUT2D eigenvalue weighted by atomic mass is 9.89. The molecule has 130 valence electrons. The van der Waals surface area contributed by atoms with E-state index in [4.69, 9.17) is 0 Å². The lowest BCUT2D eigenvalue weighted by Crippen LogP contribution is -2.55. The van der Waals surface area contributed by atoms with Crippen molar-refractivity contribution >= 4 is 27.9 Å². The van der Waals surface area contributed by atoms with Crippen molar-refractivity contribution in [3.05, 3.63) is 70.2 Å². The molecule has 1 saturated heterocycles. The van der Waals surface area contributed by atoms with E-state index in [1.54, 1.807) is 24.3 Å². The molecule has 1 aliphatic rings. The Bertz CT molecular complexity index is 826. The number of alkyl halides is 3. The van der Waals surface area contributed by atoms with Crippen molar-refractivity contribution in [2.24, 2.45) is 0 Å². The summed E-state index contributed by atoms with van der Waals surface area (Å²) in [5.41, 5.74) is -2.86. The lowest BCUT2D eigenvalue weighted by molar-refractivity contribution is -0.198. The predicted octanol–water partition coefficient (Wildman–Crippen LogP) is 3.96. The molecule has 1 aliphatic heterocycles. The normalized spacial score (nSPS) is 20.7. The molecule has 1 atom stereocenters. The van der Waals surface area contributed by atoms with E-state index in [0.29, 0.717) is 14.9 Å². The number of hydrogen-bond acceptors (Lipinski definition) is 2. The Morgan fingerprint density at radius 1 is 1.04 bits per heavy atom. The molecule has 1 N–H and O–H groups in total. The molecule has 1 unspecified atom stereocenters. The quantitative estimate of drug-likeness (QED) is 0.775. The third-order valence-corrected chi connectivity index (χ3v) is 4.46. The number of nitrogens with one attached hydrogen (secondary N) is 1. The summed E-state index contributed by atoms with van der Waals surface area (Å²) >= 11 is 3.25. The van der Waals surface area contributed by atoms with Gasteiger partial charge in [-0.05, 0) is 23.3 Å². The van der Waals surface area contributed by atoms with Gasteiger partial charge in [-0.15, -0.1) is 0 Å².